The third-order valence-electron chi connectivity index (χ3n) is 3.10. The van der Waals surface area contributed by atoms with Gasteiger partial charge in [-0.1, -0.05) is 23.7 Å². The standard InChI is InChI=1S/C14H18ClNO3/c15-11-3-1-2-4-13(11)19-8-7-14(18)16-9-12(17)10-5-6-10/h1-4,10,12,17H,5-9H2,(H,16,18). The maximum absolute atomic E-state index is 11.5. The maximum atomic E-state index is 11.5. The summed E-state index contributed by atoms with van der Waals surface area (Å²) in [5.41, 5.74) is 0. The van der Waals surface area contributed by atoms with Crippen LogP contribution in [-0.2, 0) is 4.79 Å². The highest BCUT2D eigenvalue weighted by Crippen LogP contribution is 2.32. The van der Waals surface area contributed by atoms with E-state index >= 15 is 0 Å². The molecule has 2 rings (SSSR count). The van der Waals surface area contributed by atoms with Crippen LogP contribution < -0.4 is 10.1 Å². The van der Waals surface area contributed by atoms with Crippen molar-refractivity contribution in [2.75, 3.05) is 13.2 Å². The maximum Gasteiger partial charge on any atom is 0.223 e. The topological polar surface area (TPSA) is 58.6 Å². The van der Waals surface area contributed by atoms with Gasteiger partial charge in [0, 0.05) is 6.54 Å². The second kappa shape index (κ2) is 6.78. The second-order valence-corrected chi connectivity index (χ2v) is 5.14. The van der Waals surface area contributed by atoms with Crippen LogP contribution in [0.5, 0.6) is 5.75 Å². The van der Waals surface area contributed by atoms with E-state index in [9.17, 15) is 9.90 Å². The predicted octanol–water partition coefficient (Wildman–Crippen LogP) is 2.00. The van der Waals surface area contributed by atoms with Gasteiger partial charge in [0.1, 0.15) is 5.75 Å². The number of carbonyl (C=O) groups excluding carboxylic acids is 1. The minimum absolute atomic E-state index is 0.119. The van der Waals surface area contributed by atoms with Crippen molar-refractivity contribution in [2.45, 2.75) is 25.4 Å². The molecule has 1 aromatic rings. The number of nitrogens with one attached hydrogen (secondary N) is 1. The number of amides is 1. The summed E-state index contributed by atoms with van der Waals surface area (Å²) >= 11 is 5.93. The number of benzene rings is 1. The van der Waals surface area contributed by atoms with Crippen LogP contribution in [0.2, 0.25) is 5.02 Å². The Morgan fingerprint density at radius 1 is 1.47 bits per heavy atom. The third kappa shape index (κ3) is 4.73. The van der Waals surface area contributed by atoms with Crippen molar-refractivity contribution in [3.05, 3.63) is 29.3 Å². The van der Waals surface area contributed by atoms with Gasteiger partial charge in [-0.3, -0.25) is 4.79 Å². The molecule has 1 amide bonds. The van der Waals surface area contributed by atoms with E-state index in [4.69, 9.17) is 16.3 Å². The first kappa shape index (κ1) is 14.2. The van der Waals surface area contributed by atoms with E-state index in [1.54, 1.807) is 12.1 Å². The number of aliphatic hydroxyl groups is 1. The molecule has 0 heterocycles. The van der Waals surface area contributed by atoms with Gasteiger partial charge in [-0.2, -0.15) is 0 Å². The van der Waals surface area contributed by atoms with Crippen LogP contribution in [0.15, 0.2) is 24.3 Å². The number of halogens is 1. The molecular weight excluding hydrogens is 266 g/mol. The number of carbonyl (C=O) groups is 1. The Morgan fingerprint density at radius 2 is 2.21 bits per heavy atom. The Kier molecular flexibility index (Phi) is 5.05. The van der Waals surface area contributed by atoms with Crippen LogP contribution in [0.3, 0.4) is 0 Å². The average Bonchev–Trinajstić information content (AvgIpc) is 3.22. The molecule has 1 saturated carbocycles. The van der Waals surface area contributed by atoms with Crippen molar-refractivity contribution in [3.63, 3.8) is 0 Å². The van der Waals surface area contributed by atoms with Gasteiger partial charge in [0.25, 0.3) is 0 Å². The molecule has 0 spiro atoms. The highest BCUT2D eigenvalue weighted by molar-refractivity contribution is 6.32. The van der Waals surface area contributed by atoms with E-state index in [-0.39, 0.29) is 18.9 Å². The van der Waals surface area contributed by atoms with Crippen LogP contribution >= 0.6 is 11.6 Å². The first-order valence-electron chi connectivity index (χ1n) is 6.49. The van der Waals surface area contributed by atoms with Crippen LogP contribution in [0, 0.1) is 5.92 Å². The summed E-state index contributed by atoms with van der Waals surface area (Å²) in [5, 5.41) is 12.9. The van der Waals surface area contributed by atoms with E-state index in [0.717, 1.165) is 12.8 Å². The Bertz CT molecular complexity index is 434. The molecule has 0 bridgehead atoms. The number of hydrogen-bond acceptors (Lipinski definition) is 3. The monoisotopic (exact) mass is 283 g/mol. The molecule has 5 heteroatoms. The number of aliphatic hydroxyl groups excluding tert-OH is 1. The second-order valence-electron chi connectivity index (χ2n) is 4.74. The largest absolute Gasteiger partial charge is 0.491 e. The van der Waals surface area contributed by atoms with E-state index in [2.05, 4.69) is 5.32 Å². The highest BCUT2D eigenvalue weighted by Gasteiger charge is 2.29. The van der Waals surface area contributed by atoms with Gasteiger partial charge in [0.15, 0.2) is 0 Å². The fourth-order valence-corrected chi connectivity index (χ4v) is 1.96. The molecular formula is C14H18ClNO3. The van der Waals surface area contributed by atoms with Gasteiger partial charge < -0.3 is 15.2 Å². The van der Waals surface area contributed by atoms with Crippen LogP contribution in [0.25, 0.3) is 0 Å². The van der Waals surface area contributed by atoms with Gasteiger partial charge in [0.05, 0.1) is 24.2 Å². The third-order valence-corrected chi connectivity index (χ3v) is 3.41. The number of hydrogen-bond donors (Lipinski definition) is 2. The lowest BCUT2D eigenvalue weighted by atomic mass is 10.2. The Hall–Kier alpha value is -1.26. The zero-order valence-corrected chi connectivity index (χ0v) is 11.4. The lowest BCUT2D eigenvalue weighted by Gasteiger charge is -2.11. The molecule has 104 valence electrons. The molecule has 1 fully saturated rings. The minimum Gasteiger partial charge on any atom is -0.491 e. The van der Waals surface area contributed by atoms with Crippen molar-refractivity contribution >= 4 is 17.5 Å². The van der Waals surface area contributed by atoms with E-state index in [0.29, 0.717) is 23.2 Å². The van der Waals surface area contributed by atoms with Crippen molar-refractivity contribution in [2.24, 2.45) is 5.92 Å². The summed E-state index contributed by atoms with van der Waals surface area (Å²) in [6, 6.07) is 7.15. The van der Waals surface area contributed by atoms with E-state index < -0.39 is 6.10 Å². The summed E-state index contributed by atoms with van der Waals surface area (Å²) in [6.07, 6.45) is 1.97. The molecule has 1 aliphatic carbocycles. The first-order chi connectivity index (χ1) is 9.16. The quantitative estimate of drug-likeness (QED) is 0.805. The Morgan fingerprint density at radius 3 is 2.89 bits per heavy atom. The molecule has 1 aliphatic rings. The number of ether oxygens (including phenoxy) is 1. The molecule has 1 atom stereocenters. The summed E-state index contributed by atoms with van der Waals surface area (Å²) in [7, 11) is 0. The molecule has 0 saturated heterocycles. The van der Waals surface area contributed by atoms with Gasteiger partial charge in [-0.15, -0.1) is 0 Å². The van der Waals surface area contributed by atoms with Crippen LogP contribution in [0.4, 0.5) is 0 Å². The van der Waals surface area contributed by atoms with Gasteiger partial charge in [-0.25, -0.2) is 0 Å². The molecule has 1 aromatic carbocycles. The van der Waals surface area contributed by atoms with Gasteiger partial charge >= 0.3 is 0 Å². The van der Waals surface area contributed by atoms with Gasteiger partial charge in [-0.05, 0) is 30.9 Å². The first-order valence-corrected chi connectivity index (χ1v) is 6.86. The van der Waals surface area contributed by atoms with Crippen LogP contribution in [-0.4, -0.2) is 30.3 Å². The summed E-state index contributed by atoms with van der Waals surface area (Å²) in [6.45, 7) is 0.602. The number of para-hydroxylation sites is 1. The molecule has 19 heavy (non-hydrogen) atoms. The van der Waals surface area contributed by atoms with Crippen molar-refractivity contribution in [3.8, 4) is 5.75 Å². The zero-order chi connectivity index (χ0) is 13.7. The van der Waals surface area contributed by atoms with Crippen molar-refractivity contribution in [1.82, 2.24) is 5.32 Å². The zero-order valence-electron chi connectivity index (χ0n) is 10.6. The lowest BCUT2D eigenvalue weighted by molar-refractivity contribution is -0.122. The predicted molar refractivity (Wildman–Crippen MR) is 73.3 cm³/mol. The van der Waals surface area contributed by atoms with Crippen molar-refractivity contribution < 1.29 is 14.6 Å². The Labute approximate surface area is 117 Å². The molecule has 2 N–H and O–H groups in total. The number of rotatable bonds is 7. The minimum atomic E-state index is -0.409. The smallest absolute Gasteiger partial charge is 0.223 e. The van der Waals surface area contributed by atoms with Crippen LogP contribution in [0.1, 0.15) is 19.3 Å². The van der Waals surface area contributed by atoms with Gasteiger partial charge in [0.2, 0.25) is 5.91 Å². The SMILES string of the molecule is O=C(CCOc1ccccc1Cl)NCC(O)C1CC1. The van der Waals surface area contributed by atoms with E-state index in [1.165, 1.54) is 0 Å². The summed E-state index contributed by atoms with van der Waals surface area (Å²) in [4.78, 5) is 11.5. The molecule has 4 nitrogen and oxygen atoms in total. The summed E-state index contributed by atoms with van der Waals surface area (Å²) in [5.74, 6) is 0.835. The van der Waals surface area contributed by atoms with E-state index in [1.807, 2.05) is 12.1 Å². The average molecular weight is 284 g/mol. The normalized spacial score (nSPS) is 15.9. The highest BCUT2D eigenvalue weighted by atomic mass is 35.5. The molecule has 1 unspecified atom stereocenters. The van der Waals surface area contributed by atoms with Crippen molar-refractivity contribution in [1.29, 1.82) is 0 Å². The molecule has 0 radical (unpaired) electrons. The lowest BCUT2D eigenvalue weighted by Crippen LogP contribution is -2.33. The summed E-state index contributed by atoms with van der Waals surface area (Å²) < 4.78 is 5.42. The fourth-order valence-electron chi connectivity index (χ4n) is 1.77. The fraction of sp³-hybridized carbons (Fsp3) is 0.500. The Balaban J connectivity index is 1.62. The molecule has 0 aromatic heterocycles. The molecule has 0 aliphatic heterocycles.